The topological polar surface area (TPSA) is 30.9 Å². The van der Waals surface area contributed by atoms with E-state index in [1.807, 2.05) is 7.05 Å². The molecule has 1 fully saturated rings. The third-order valence-electron chi connectivity index (χ3n) is 3.34. The van der Waals surface area contributed by atoms with Crippen LogP contribution in [0.5, 0.6) is 0 Å². The van der Waals surface area contributed by atoms with Gasteiger partial charge in [-0.1, -0.05) is 26.0 Å². The van der Waals surface area contributed by atoms with Crippen LogP contribution in [0.1, 0.15) is 27.2 Å². The third-order valence-corrected chi connectivity index (χ3v) is 3.34. The normalized spacial score (nSPS) is 17.6. The molecule has 0 aromatic heterocycles. The van der Waals surface area contributed by atoms with Crippen molar-refractivity contribution in [1.82, 2.24) is 15.1 Å². The standard InChI is InChI=1S/C15H30N4.HI/c1-5-6-7-8-17-15(16-4)19-11-9-18(10-12-19)13-14(2)3;/h5-6,14H,7-13H2,1-4H3,(H,16,17);1H. The number of halogens is 1. The van der Waals surface area contributed by atoms with Crippen LogP contribution in [0.4, 0.5) is 0 Å². The first-order valence-corrected chi connectivity index (χ1v) is 7.46. The van der Waals surface area contributed by atoms with E-state index in [1.165, 1.54) is 6.54 Å². The van der Waals surface area contributed by atoms with Crippen molar-refractivity contribution in [1.29, 1.82) is 0 Å². The monoisotopic (exact) mass is 394 g/mol. The Kier molecular flexibility index (Phi) is 11.2. The molecule has 1 N–H and O–H groups in total. The first-order valence-electron chi connectivity index (χ1n) is 7.46. The fourth-order valence-electron chi connectivity index (χ4n) is 2.42. The van der Waals surface area contributed by atoms with Gasteiger partial charge in [-0.15, -0.1) is 24.0 Å². The van der Waals surface area contributed by atoms with Crippen molar-refractivity contribution >= 4 is 29.9 Å². The van der Waals surface area contributed by atoms with Gasteiger partial charge in [0.25, 0.3) is 0 Å². The molecule has 1 aliphatic heterocycles. The van der Waals surface area contributed by atoms with Gasteiger partial charge in [0.15, 0.2) is 5.96 Å². The lowest BCUT2D eigenvalue weighted by atomic mass is 10.2. The molecule has 0 atom stereocenters. The molecule has 20 heavy (non-hydrogen) atoms. The van der Waals surface area contributed by atoms with Crippen molar-refractivity contribution in [3.63, 3.8) is 0 Å². The van der Waals surface area contributed by atoms with Crippen LogP contribution in [0.25, 0.3) is 0 Å². The van der Waals surface area contributed by atoms with Crippen LogP contribution in [0.3, 0.4) is 0 Å². The Morgan fingerprint density at radius 1 is 1.25 bits per heavy atom. The van der Waals surface area contributed by atoms with Crippen LogP contribution in [-0.4, -0.2) is 62.1 Å². The predicted molar refractivity (Wildman–Crippen MR) is 99.1 cm³/mol. The van der Waals surface area contributed by atoms with E-state index >= 15 is 0 Å². The summed E-state index contributed by atoms with van der Waals surface area (Å²) in [5, 5.41) is 3.44. The number of hydrogen-bond donors (Lipinski definition) is 1. The lowest BCUT2D eigenvalue weighted by Crippen LogP contribution is -2.53. The molecular formula is C15H31IN4. The predicted octanol–water partition coefficient (Wildman–Crippen LogP) is 2.42. The maximum atomic E-state index is 4.38. The Hall–Kier alpha value is -0.300. The molecule has 0 aliphatic carbocycles. The number of guanidine groups is 1. The number of rotatable bonds is 5. The molecule has 0 aromatic carbocycles. The summed E-state index contributed by atoms with van der Waals surface area (Å²) in [5.74, 6) is 1.80. The minimum atomic E-state index is 0. The van der Waals surface area contributed by atoms with Gasteiger partial charge < -0.3 is 10.2 Å². The SMILES string of the molecule is CC=CCCNC(=NC)N1CCN(CC(C)C)CC1.I. The van der Waals surface area contributed by atoms with Crippen molar-refractivity contribution in [2.45, 2.75) is 27.2 Å². The summed E-state index contributed by atoms with van der Waals surface area (Å²) in [4.78, 5) is 9.30. The smallest absolute Gasteiger partial charge is 0.193 e. The van der Waals surface area contributed by atoms with E-state index in [1.54, 1.807) is 0 Å². The molecular weight excluding hydrogens is 363 g/mol. The molecule has 0 spiro atoms. The highest BCUT2D eigenvalue weighted by atomic mass is 127. The third kappa shape index (κ3) is 7.47. The van der Waals surface area contributed by atoms with Gasteiger partial charge >= 0.3 is 0 Å². The molecule has 4 nitrogen and oxygen atoms in total. The number of aliphatic imine (C=N–C) groups is 1. The second-order valence-electron chi connectivity index (χ2n) is 5.51. The molecule has 0 amide bonds. The fourth-order valence-corrected chi connectivity index (χ4v) is 2.42. The van der Waals surface area contributed by atoms with E-state index in [2.05, 4.69) is 53.0 Å². The molecule has 0 aromatic rings. The molecule has 1 rings (SSSR count). The highest BCUT2D eigenvalue weighted by Crippen LogP contribution is 2.05. The van der Waals surface area contributed by atoms with Crippen molar-refractivity contribution < 1.29 is 0 Å². The first-order chi connectivity index (χ1) is 9.17. The molecule has 1 heterocycles. The van der Waals surface area contributed by atoms with Crippen molar-refractivity contribution in [3.05, 3.63) is 12.2 Å². The highest BCUT2D eigenvalue weighted by molar-refractivity contribution is 14.0. The maximum absolute atomic E-state index is 4.38. The average molecular weight is 394 g/mol. The second-order valence-corrected chi connectivity index (χ2v) is 5.51. The van der Waals surface area contributed by atoms with Gasteiger partial charge in [0.1, 0.15) is 0 Å². The summed E-state index contributed by atoms with van der Waals surface area (Å²) >= 11 is 0. The molecule has 0 radical (unpaired) electrons. The van der Waals surface area contributed by atoms with Crippen LogP contribution < -0.4 is 5.32 Å². The summed E-state index contributed by atoms with van der Waals surface area (Å²) in [5.41, 5.74) is 0. The zero-order valence-corrected chi connectivity index (χ0v) is 15.8. The lowest BCUT2D eigenvalue weighted by Gasteiger charge is -2.37. The minimum absolute atomic E-state index is 0. The van der Waals surface area contributed by atoms with Gasteiger partial charge in [0, 0.05) is 46.3 Å². The average Bonchev–Trinajstić information content (AvgIpc) is 2.40. The van der Waals surface area contributed by atoms with Crippen molar-refractivity contribution in [2.75, 3.05) is 46.3 Å². The van der Waals surface area contributed by atoms with Crippen LogP contribution in [-0.2, 0) is 0 Å². The van der Waals surface area contributed by atoms with E-state index in [9.17, 15) is 0 Å². The Bertz CT molecular complexity index is 294. The summed E-state index contributed by atoms with van der Waals surface area (Å²) in [7, 11) is 1.87. The van der Waals surface area contributed by atoms with Gasteiger partial charge in [-0.2, -0.15) is 0 Å². The molecule has 0 saturated carbocycles. The summed E-state index contributed by atoms with van der Waals surface area (Å²) in [6.07, 6.45) is 5.33. The second kappa shape index (κ2) is 11.4. The van der Waals surface area contributed by atoms with Gasteiger partial charge in [-0.3, -0.25) is 9.89 Å². The van der Waals surface area contributed by atoms with Crippen LogP contribution >= 0.6 is 24.0 Å². The van der Waals surface area contributed by atoms with Gasteiger partial charge in [-0.05, 0) is 19.3 Å². The molecule has 0 unspecified atom stereocenters. The van der Waals surface area contributed by atoms with Crippen LogP contribution in [0, 0.1) is 5.92 Å². The quantitative estimate of drug-likeness (QED) is 0.256. The van der Waals surface area contributed by atoms with Gasteiger partial charge in [0.05, 0.1) is 0 Å². The molecule has 1 saturated heterocycles. The zero-order valence-electron chi connectivity index (χ0n) is 13.4. The van der Waals surface area contributed by atoms with Crippen LogP contribution in [0.2, 0.25) is 0 Å². The maximum Gasteiger partial charge on any atom is 0.193 e. The Morgan fingerprint density at radius 3 is 2.40 bits per heavy atom. The Balaban J connectivity index is 0.00000361. The molecule has 118 valence electrons. The van der Waals surface area contributed by atoms with E-state index in [-0.39, 0.29) is 24.0 Å². The van der Waals surface area contributed by atoms with E-state index in [4.69, 9.17) is 0 Å². The minimum Gasteiger partial charge on any atom is -0.356 e. The number of allylic oxidation sites excluding steroid dienone is 1. The summed E-state index contributed by atoms with van der Waals surface area (Å²) < 4.78 is 0. The Morgan fingerprint density at radius 2 is 1.90 bits per heavy atom. The van der Waals surface area contributed by atoms with Crippen LogP contribution in [0.15, 0.2) is 17.1 Å². The van der Waals surface area contributed by atoms with Crippen molar-refractivity contribution in [2.24, 2.45) is 10.9 Å². The summed E-state index contributed by atoms with van der Waals surface area (Å²) in [6, 6.07) is 0. The number of hydrogen-bond acceptors (Lipinski definition) is 2. The molecule has 1 aliphatic rings. The number of nitrogens with one attached hydrogen (secondary N) is 1. The molecule has 0 bridgehead atoms. The lowest BCUT2D eigenvalue weighted by molar-refractivity contribution is 0.164. The highest BCUT2D eigenvalue weighted by Gasteiger charge is 2.19. The largest absolute Gasteiger partial charge is 0.356 e. The Labute approximate surface area is 141 Å². The molecule has 5 heteroatoms. The number of nitrogens with zero attached hydrogens (tertiary/aromatic N) is 3. The van der Waals surface area contributed by atoms with E-state index in [0.717, 1.165) is 51.0 Å². The first kappa shape index (κ1) is 19.7. The van der Waals surface area contributed by atoms with E-state index < -0.39 is 0 Å². The summed E-state index contributed by atoms with van der Waals surface area (Å²) in [6.45, 7) is 13.3. The zero-order chi connectivity index (χ0) is 14.1. The number of piperazine rings is 1. The van der Waals surface area contributed by atoms with Crippen molar-refractivity contribution in [3.8, 4) is 0 Å². The van der Waals surface area contributed by atoms with E-state index in [0.29, 0.717) is 0 Å². The fraction of sp³-hybridized carbons (Fsp3) is 0.800. The van der Waals surface area contributed by atoms with Gasteiger partial charge in [-0.25, -0.2) is 0 Å². The van der Waals surface area contributed by atoms with Gasteiger partial charge in [0.2, 0.25) is 0 Å².